The van der Waals surface area contributed by atoms with Crippen LogP contribution in [0.3, 0.4) is 0 Å². The largest absolute Gasteiger partial charge is 0.339 e. The van der Waals surface area contributed by atoms with Crippen molar-refractivity contribution in [1.82, 2.24) is 25.1 Å². The number of carbonyl (C=O) groups excluding carboxylic acids is 2. The average molecular weight is 340 g/mol. The second kappa shape index (κ2) is 6.62. The van der Waals surface area contributed by atoms with E-state index in [9.17, 15) is 9.59 Å². The highest BCUT2D eigenvalue weighted by Crippen LogP contribution is 2.20. The van der Waals surface area contributed by atoms with Gasteiger partial charge in [0.05, 0.1) is 0 Å². The lowest BCUT2D eigenvalue weighted by Crippen LogP contribution is -2.38. The van der Waals surface area contributed by atoms with Crippen molar-refractivity contribution in [3.05, 3.63) is 35.4 Å². The Balaban J connectivity index is 1.57. The molecule has 0 atom stereocenters. The lowest BCUT2D eigenvalue weighted by atomic mass is 10.1. The Bertz CT molecular complexity index is 796. The van der Waals surface area contributed by atoms with Crippen LogP contribution in [0.15, 0.2) is 24.3 Å². The molecule has 130 valence electrons. The summed E-state index contributed by atoms with van der Waals surface area (Å²) in [6.07, 6.45) is 4.06. The summed E-state index contributed by atoms with van der Waals surface area (Å²) in [7, 11) is 0. The highest BCUT2D eigenvalue weighted by molar-refractivity contribution is 6.07. The first-order chi connectivity index (χ1) is 12.2. The third-order valence-electron chi connectivity index (χ3n) is 4.75. The van der Waals surface area contributed by atoms with Crippen LogP contribution >= 0.6 is 0 Å². The van der Waals surface area contributed by atoms with Crippen LogP contribution in [0.5, 0.6) is 0 Å². The summed E-state index contributed by atoms with van der Waals surface area (Å²) in [5, 5.41) is 11.5. The Hall–Kier alpha value is -2.77. The molecule has 0 unspecified atom stereocenters. The molecule has 1 fully saturated rings. The van der Waals surface area contributed by atoms with Crippen LogP contribution in [-0.2, 0) is 6.54 Å². The van der Waals surface area contributed by atoms with Gasteiger partial charge in [0.2, 0.25) is 0 Å². The van der Waals surface area contributed by atoms with Crippen molar-refractivity contribution in [2.24, 2.45) is 0 Å². The minimum absolute atomic E-state index is 0.00201. The van der Waals surface area contributed by atoms with Gasteiger partial charge in [0, 0.05) is 37.3 Å². The second-order valence-corrected chi connectivity index (χ2v) is 6.45. The fourth-order valence-corrected chi connectivity index (χ4v) is 3.43. The molecule has 0 aliphatic carbocycles. The zero-order valence-corrected chi connectivity index (χ0v) is 14.0. The quantitative estimate of drug-likeness (QED) is 0.824. The topological polar surface area (TPSA) is 84.2 Å². The number of anilines is 1. The van der Waals surface area contributed by atoms with Crippen LogP contribution < -0.4 is 4.90 Å². The molecule has 2 aliphatic heterocycles. The Morgan fingerprint density at radius 2 is 1.64 bits per heavy atom. The van der Waals surface area contributed by atoms with Crippen molar-refractivity contribution in [2.45, 2.75) is 32.2 Å². The third kappa shape index (κ3) is 2.99. The molecule has 2 amide bonds. The second-order valence-electron chi connectivity index (χ2n) is 6.45. The summed E-state index contributed by atoms with van der Waals surface area (Å²) in [5.74, 6) is 0.283. The number of fused-ring (bicyclic) bond motifs is 1. The van der Waals surface area contributed by atoms with Crippen molar-refractivity contribution in [1.29, 1.82) is 0 Å². The maximum Gasteiger partial charge on any atom is 0.260 e. The van der Waals surface area contributed by atoms with Crippen molar-refractivity contribution >= 4 is 17.8 Å². The van der Waals surface area contributed by atoms with Crippen LogP contribution in [0.4, 0.5) is 5.95 Å². The van der Waals surface area contributed by atoms with Gasteiger partial charge < -0.3 is 4.90 Å². The number of benzene rings is 1. The molecule has 8 nitrogen and oxygen atoms in total. The van der Waals surface area contributed by atoms with Gasteiger partial charge in [-0.15, -0.1) is 0 Å². The minimum atomic E-state index is -0.177. The van der Waals surface area contributed by atoms with Gasteiger partial charge in [-0.05, 0) is 54.3 Å². The molecule has 0 radical (unpaired) electrons. The molecule has 0 saturated carbocycles. The Labute approximate surface area is 145 Å². The van der Waals surface area contributed by atoms with Gasteiger partial charge in [-0.2, -0.15) is 0 Å². The van der Waals surface area contributed by atoms with E-state index in [0.29, 0.717) is 30.2 Å². The number of piperidine rings is 1. The number of rotatable bonds is 2. The van der Waals surface area contributed by atoms with Crippen molar-refractivity contribution in [3.63, 3.8) is 0 Å². The van der Waals surface area contributed by atoms with E-state index in [1.807, 2.05) is 4.90 Å². The molecule has 2 aromatic rings. The van der Waals surface area contributed by atoms with Gasteiger partial charge in [-0.25, -0.2) is 4.68 Å². The molecule has 1 saturated heterocycles. The number of carbonyl (C=O) groups is 2. The number of hydrogen-bond acceptors (Lipinski definition) is 5. The third-order valence-corrected chi connectivity index (χ3v) is 4.75. The number of hydrogen-bond donors (Lipinski definition) is 0. The Morgan fingerprint density at radius 1 is 0.880 bits per heavy atom. The monoisotopic (exact) mass is 340 g/mol. The van der Waals surface area contributed by atoms with Crippen LogP contribution in [0.25, 0.3) is 0 Å². The van der Waals surface area contributed by atoms with Crippen LogP contribution in [0.2, 0.25) is 0 Å². The molecular weight excluding hydrogens is 320 g/mol. The van der Waals surface area contributed by atoms with E-state index in [1.54, 1.807) is 33.8 Å². The van der Waals surface area contributed by atoms with Crippen molar-refractivity contribution in [3.8, 4) is 0 Å². The predicted octanol–water partition coefficient (Wildman–Crippen LogP) is 1.35. The molecule has 2 aliphatic rings. The molecule has 25 heavy (non-hydrogen) atoms. The van der Waals surface area contributed by atoms with E-state index in [4.69, 9.17) is 0 Å². The van der Waals surface area contributed by atoms with Crippen molar-refractivity contribution < 1.29 is 9.59 Å². The summed E-state index contributed by atoms with van der Waals surface area (Å²) < 4.78 is 1.63. The summed E-state index contributed by atoms with van der Waals surface area (Å²) in [5.41, 5.74) is 1.05. The van der Waals surface area contributed by atoms with Gasteiger partial charge in [0.15, 0.2) is 0 Å². The van der Waals surface area contributed by atoms with E-state index in [-0.39, 0.29) is 11.8 Å². The zero-order chi connectivity index (χ0) is 17.2. The Kier molecular flexibility index (Phi) is 4.17. The predicted molar refractivity (Wildman–Crippen MR) is 90.3 cm³/mol. The SMILES string of the molecule is O=C(c1cccc(C(=O)N2CCCn3nnnc32)c1)N1CCCCC1. The highest BCUT2D eigenvalue weighted by Gasteiger charge is 2.27. The van der Waals surface area contributed by atoms with Gasteiger partial charge in [0.25, 0.3) is 17.8 Å². The minimum Gasteiger partial charge on any atom is -0.339 e. The van der Waals surface area contributed by atoms with E-state index < -0.39 is 0 Å². The maximum absolute atomic E-state index is 12.9. The normalized spacial score (nSPS) is 17.3. The average Bonchev–Trinajstić information content (AvgIpc) is 3.16. The number of tetrazole rings is 1. The molecule has 0 spiro atoms. The number of likely N-dealkylation sites (tertiary alicyclic amines) is 1. The van der Waals surface area contributed by atoms with Crippen LogP contribution in [0, 0.1) is 0 Å². The van der Waals surface area contributed by atoms with E-state index in [0.717, 1.165) is 32.4 Å². The Morgan fingerprint density at radius 3 is 2.44 bits per heavy atom. The maximum atomic E-state index is 12.9. The number of nitrogens with zero attached hydrogens (tertiary/aromatic N) is 6. The standard InChI is InChI=1S/C17H20N6O2/c24-15(21-8-2-1-3-9-21)13-6-4-7-14(12-13)16(25)22-10-5-11-23-17(22)18-19-20-23/h4,6-7,12H,1-3,5,8-11H2. The smallest absolute Gasteiger partial charge is 0.260 e. The fraction of sp³-hybridized carbons (Fsp3) is 0.471. The summed E-state index contributed by atoms with van der Waals surface area (Å²) in [6.45, 7) is 2.86. The molecule has 3 heterocycles. The molecule has 8 heteroatoms. The highest BCUT2D eigenvalue weighted by atomic mass is 16.2. The van der Waals surface area contributed by atoms with Gasteiger partial charge in [-0.3, -0.25) is 14.5 Å². The first-order valence-electron chi connectivity index (χ1n) is 8.71. The van der Waals surface area contributed by atoms with Crippen LogP contribution in [-0.4, -0.2) is 56.6 Å². The lowest BCUT2D eigenvalue weighted by molar-refractivity contribution is 0.0724. The fourth-order valence-electron chi connectivity index (χ4n) is 3.43. The summed E-state index contributed by atoms with van der Waals surface area (Å²) in [4.78, 5) is 29.0. The molecule has 1 aromatic heterocycles. The van der Waals surface area contributed by atoms with E-state index in [1.165, 1.54) is 6.42 Å². The van der Waals surface area contributed by atoms with Gasteiger partial charge in [0.1, 0.15) is 0 Å². The van der Waals surface area contributed by atoms with Crippen LogP contribution in [0.1, 0.15) is 46.4 Å². The number of aryl methyl sites for hydroxylation is 1. The van der Waals surface area contributed by atoms with Gasteiger partial charge in [-0.1, -0.05) is 11.2 Å². The van der Waals surface area contributed by atoms with Crippen molar-refractivity contribution in [2.75, 3.05) is 24.5 Å². The number of aromatic nitrogens is 4. The van der Waals surface area contributed by atoms with E-state index in [2.05, 4.69) is 15.5 Å². The molecule has 0 bridgehead atoms. The number of amides is 2. The zero-order valence-electron chi connectivity index (χ0n) is 14.0. The summed E-state index contributed by atoms with van der Waals surface area (Å²) in [6, 6.07) is 6.95. The first kappa shape index (κ1) is 15.7. The molecular formula is C17H20N6O2. The molecule has 0 N–H and O–H groups in total. The van der Waals surface area contributed by atoms with Gasteiger partial charge >= 0.3 is 0 Å². The lowest BCUT2D eigenvalue weighted by Gasteiger charge is -2.27. The first-order valence-corrected chi connectivity index (χ1v) is 8.71. The summed E-state index contributed by atoms with van der Waals surface area (Å²) >= 11 is 0. The van der Waals surface area contributed by atoms with E-state index >= 15 is 0 Å². The molecule has 4 rings (SSSR count). The molecule has 1 aromatic carbocycles.